The van der Waals surface area contributed by atoms with Crippen molar-refractivity contribution in [3.8, 4) is 0 Å². The topological polar surface area (TPSA) is 42.1 Å². The molecule has 1 aliphatic heterocycles. The van der Waals surface area contributed by atoms with Crippen LogP contribution in [-0.2, 0) is 13.0 Å². The molecule has 2 aromatic rings. The number of rotatable bonds is 2. The summed E-state index contributed by atoms with van der Waals surface area (Å²) in [5.41, 5.74) is 11.3. The van der Waals surface area contributed by atoms with Crippen LogP contribution in [-0.4, -0.2) is 11.5 Å². The van der Waals surface area contributed by atoms with Crippen LogP contribution in [0, 0.1) is 0 Å². The molecule has 0 amide bonds. The molecule has 0 saturated heterocycles. The number of nitrogen functional groups attached to an aromatic ring is 1. The fourth-order valence-electron chi connectivity index (χ4n) is 2.37. The van der Waals surface area contributed by atoms with Crippen molar-refractivity contribution in [2.45, 2.75) is 19.4 Å². The van der Waals surface area contributed by atoms with Crippen LogP contribution in [0.4, 0.5) is 11.4 Å². The molecule has 0 bridgehead atoms. The average molecular weight is 245 g/mol. The number of aryl methyl sites for hydroxylation is 1. The predicted molar refractivity (Wildman–Crippen MR) is 72.3 cm³/mol. The summed E-state index contributed by atoms with van der Waals surface area (Å²) in [5, 5.41) is 0. The van der Waals surface area contributed by atoms with Crippen molar-refractivity contribution in [2.24, 2.45) is 0 Å². The van der Waals surface area contributed by atoms with Crippen molar-refractivity contribution < 1.29 is 0 Å². The number of anilines is 2. The van der Waals surface area contributed by atoms with Gasteiger partial charge in [0, 0.05) is 29.0 Å². The molecule has 88 valence electrons. The number of nitrogens with zero attached hydrogens (tertiary/aromatic N) is 2. The van der Waals surface area contributed by atoms with E-state index in [0.717, 1.165) is 25.2 Å². The molecule has 0 spiro atoms. The largest absolute Gasteiger partial charge is 0.399 e. The first-order valence-electron chi connectivity index (χ1n) is 5.83. The van der Waals surface area contributed by atoms with E-state index in [1.54, 1.807) is 11.3 Å². The summed E-state index contributed by atoms with van der Waals surface area (Å²) in [6.45, 7) is 2.08. The van der Waals surface area contributed by atoms with Crippen molar-refractivity contribution in [3.63, 3.8) is 0 Å². The van der Waals surface area contributed by atoms with Crippen molar-refractivity contribution >= 4 is 22.7 Å². The molecule has 2 heterocycles. The number of nitrogens with two attached hydrogens (primary N) is 1. The predicted octanol–water partition coefficient (Wildman–Crippen LogP) is 2.68. The maximum Gasteiger partial charge on any atom is 0.0794 e. The second-order valence-corrected chi connectivity index (χ2v) is 5.35. The molecule has 1 aromatic carbocycles. The van der Waals surface area contributed by atoms with E-state index in [1.165, 1.54) is 22.5 Å². The number of hydrogen-bond acceptors (Lipinski definition) is 4. The van der Waals surface area contributed by atoms with Gasteiger partial charge in [-0.15, -0.1) is 11.3 Å². The Kier molecular flexibility index (Phi) is 2.73. The molecule has 1 aliphatic rings. The summed E-state index contributed by atoms with van der Waals surface area (Å²) in [7, 11) is 0. The summed E-state index contributed by atoms with van der Waals surface area (Å²) in [6.07, 6.45) is 4.30. The highest BCUT2D eigenvalue weighted by Crippen LogP contribution is 2.30. The van der Waals surface area contributed by atoms with Gasteiger partial charge < -0.3 is 10.6 Å². The van der Waals surface area contributed by atoms with Gasteiger partial charge in [0.2, 0.25) is 0 Å². The van der Waals surface area contributed by atoms with Crippen molar-refractivity contribution in [1.82, 2.24) is 4.98 Å². The van der Waals surface area contributed by atoms with Crippen LogP contribution < -0.4 is 10.6 Å². The summed E-state index contributed by atoms with van der Waals surface area (Å²) >= 11 is 1.72. The summed E-state index contributed by atoms with van der Waals surface area (Å²) in [4.78, 5) is 7.87. The number of fused-ring (bicyclic) bond motifs is 1. The highest BCUT2D eigenvalue weighted by molar-refractivity contribution is 7.09. The van der Waals surface area contributed by atoms with Gasteiger partial charge in [0.1, 0.15) is 0 Å². The summed E-state index contributed by atoms with van der Waals surface area (Å²) in [6, 6.07) is 6.24. The van der Waals surface area contributed by atoms with Gasteiger partial charge in [-0.25, -0.2) is 0 Å². The molecular weight excluding hydrogens is 230 g/mol. The van der Waals surface area contributed by atoms with Gasteiger partial charge in [0.05, 0.1) is 12.1 Å². The Bertz CT molecular complexity index is 507. The first kappa shape index (κ1) is 10.6. The molecule has 3 nitrogen and oxygen atoms in total. The van der Waals surface area contributed by atoms with E-state index in [2.05, 4.69) is 22.0 Å². The third-order valence-corrected chi connectivity index (χ3v) is 3.91. The van der Waals surface area contributed by atoms with Gasteiger partial charge in [-0.05, 0) is 36.6 Å². The molecule has 17 heavy (non-hydrogen) atoms. The Morgan fingerprint density at radius 3 is 3.18 bits per heavy atom. The maximum atomic E-state index is 5.84. The Balaban J connectivity index is 1.89. The lowest BCUT2D eigenvalue weighted by atomic mass is 10.0. The summed E-state index contributed by atoms with van der Waals surface area (Å²) < 4.78 is 0. The van der Waals surface area contributed by atoms with Crippen molar-refractivity contribution in [1.29, 1.82) is 0 Å². The van der Waals surface area contributed by atoms with Crippen LogP contribution in [0.3, 0.4) is 0 Å². The quantitative estimate of drug-likeness (QED) is 0.827. The van der Waals surface area contributed by atoms with E-state index in [0.29, 0.717) is 0 Å². The standard InChI is InChI=1S/C13H15N3S/c14-11-3-4-13-10(6-11)2-1-5-16(13)8-12-7-15-9-17-12/h3-4,6-7,9H,1-2,5,8,14H2. The molecule has 0 atom stereocenters. The smallest absolute Gasteiger partial charge is 0.0794 e. The van der Waals surface area contributed by atoms with E-state index in [9.17, 15) is 0 Å². The third-order valence-electron chi connectivity index (χ3n) is 3.15. The Morgan fingerprint density at radius 1 is 1.41 bits per heavy atom. The second-order valence-electron chi connectivity index (χ2n) is 4.38. The fraction of sp³-hybridized carbons (Fsp3) is 0.308. The van der Waals surface area contributed by atoms with Gasteiger partial charge in [-0.1, -0.05) is 0 Å². The molecule has 0 radical (unpaired) electrons. The average Bonchev–Trinajstić information content (AvgIpc) is 2.82. The van der Waals surface area contributed by atoms with E-state index in [1.807, 2.05) is 17.8 Å². The molecular formula is C13H15N3S. The molecule has 0 aliphatic carbocycles. The SMILES string of the molecule is Nc1ccc2c(c1)CCCN2Cc1cncs1. The zero-order chi connectivity index (χ0) is 11.7. The monoisotopic (exact) mass is 245 g/mol. The normalized spacial score (nSPS) is 14.7. The summed E-state index contributed by atoms with van der Waals surface area (Å²) in [5.74, 6) is 0. The van der Waals surface area contributed by atoms with Gasteiger partial charge in [-0.3, -0.25) is 4.98 Å². The van der Waals surface area contributed by atoms with E-state index in [4.69, 9.17) is 5.73 Å². The lowest BCUT2D eigenvalue weighted by Crippen LogP contribution is -2.28. The zero-order valence-corrected chi connectivity index (χ0v) is 10.4. The van der Waals surface area contributed by atoms with E-state index in [-0.39, 0.29) is 0 Å². The van der Waals surface area contributed by atoms with Gasteiger partial charge >= 0.3 is 0 Å². The van der Waals surface area contributed by atoms with Crippen molar-refractivity contribution in [3.05, 3.63) is 40.3 Å². The molecule has 3 rings (SSSR count). The van der Waals surface area contributed by atoms with Crippen LogP contribution in [0.15, 0.2) is 29.9 Å². The van der Waals surface area contributed by atoms with Crippen molar-refractivity contribution in [2.75, 3.05) is 17.2 Å². The number of hydrogen-bond donors (Lipinski definition) is 1. The first-order chi connectivity index (χ1) is 8.33. The van der Waals surface area contributed by atoms with E-state index < -0.39 is 0 Å². The van der Waals surface area contributed by atoms with Crippen LogP contribution in [0.2, 0.25) is 0 Å². The maximum absolute atomic E-state index is 5.84. The second kappa shape index (κ2) is 4.37. The minimum atomic E-state index is 0.864. The lowest BCUT2D eigenvalue weighted by molar-refractivity contribution is 0.695. The fourth-order valence-corrected chi connectivity index (χ4v) is 2.98. The number of thiazole rings is 1. The number of aromatic nitrogens is 1. The molecule has 0 saturated carbocycles. The molecule has 0 unspecified atom stereocenters. The van der Waals surface area contributed by atoms with Gasteiger partial charge in [-0.2, -0.15) is 0 Å². The van der Waals surface area contributed by atoms with Gasteiger partial charge in [0.25, 0.3) is 0 Å². The van der Waals surface area contributed by atoms with E-state index >= 15 is 0 Å². The van der Waals surface area contributed by atoms with Crippen LogP contribution in [0.1, 0.15) is 16.9 Å². The Labute approximate surface area is 105 Å². The van der Waals surface area contributed by atoms with Gasteiger partial charge in [0.15, 0.2) is 0 Å². The van der Waals surface area contributed by atoms with Crippen LogP contribution >= 0.6 is 11.3 Å². The lowest BCUT2D eigenvalue weighted by Gasteiger charge is -2.31. The Morgan fingerprint density at radius 2 is 2.35 bits per heavy atom. The molecule has 0 fully saturated rings. The Hall–Kier alpha value is -1.55. The zero-order valence-electron chi connectivity index (χ0n) is 9.60. The molecule has 2 N–H and O–H groups in total. The molecule has 1 aromatic heterocycles. The highest BCUT2D eigenvalue weighted by atomic mass is 32.1. The minimum absolute atomic E-state index is 0.864. The third kappa shape index (κ3) is 2.13. The molecule has 4 heteroatoms. The first-order valence-corrected chi connectivity index (χ1v) is 6.71. The number of benzene rings is 1. The highest BCUT2D eigenvalue weighted by Gasteiger charge is 2.17. The van der Waals surface area contributed by atoms with Crippen LogP contribution in [0.25, 0.3) is 0 Å². The van der Waals surface area contributed by atoms with Crippen LogP contribution in [0.5, 0.6) is 0 Å². The minimum Gasteiger partial charge on any atom is -0.399 e.